The van der Waals surface area contributed by atoms with Crippen LogP contribution in [0.15, 0.2) is 16.6 Å². The van der Waals surface area contributed by atoms with Gasteiger partial charge < -0.3 is 20.3 Å². The third-order valence-corrected chi connectivity index (χ3v) is 4.22. The van der Waals surface area contributed by atoms with Crippen LogP contribution in [-0.4, -0.2) is 24.8 Å². The van der Waals surface area contributed by atoms with Gasteiger partial charge in [0, 0.05) is 22.5 Å². The van der Waals surface area contributed by atoms with E-state index in [0.29, 0.717) is 30.4 Å². The van der Waals surface area contributed by atoms with Crippen LogP contribution in [0.1, 0.15) is 37.3 Å². The summed E-state index contributed by atoms with van der Waals surface area (Å²) in [7, 11) is 1.58. The molecule has 116 valence electrons. The first-order valence-corrected chi connectivity index (χ1v) is 7.78. The number of aliphatic carboxylic acids is 1. The first kappa shape index (κ1) is 16.1. The molecule has 0 heterocycles. The second kappa shape index (κ2) is 7.13. The van der Waals surface area contributed by atoms with Gasteiger partial charge in [-0.15, -0.1) is 0 Å². The fourth-order valence-corrected chi connectivity index (χ4v) is 2.73. The van der Waals surface area contributed by atoms with Crippen LogP contribution in [0.5, 0.6) is 11.5 Å². The van der Waals surface area contributed by atoms with Gasteiger partial charge in [0.05, 0.1) is 13.7 Å². The third-order valence-electron chi connectivity index (χ3n) is 3.53. The normalized spacial score (nSPS) is 15.6. The molecule has 0 aromatic heterocycles. The Labute approximate surface area is 132 Å². The zero-order valence-electron chi connectivity index (χ0n) is 12.0. The van der Waals surface area contributed by atoms with Crippen molar-refractivity contribution in [2.45, 2.75) is 31.7 Å². The van der Waals surface area contributed by atoms with Gasteiger partial charge in [0.25, 0.3) is 0 Å². The van der Waals surface area contributed by atoms with E-state index in [9.17, 15) is 4.79 Å². The number of hydrogen-bond donors (Lipinski definition) is 2. The first-order valence-electron chi connectivity index (χ1n) is 6.99. The molecule has 3 N–H and O–H groups in total. The molecule has 21 heavy (non-hydrogen) atoms. The van der Waals surface area contributed by atoms with Crippen molar-refractivity contribution in [3.63, 3.8) is 0 Å². The topological polar surface area (TPSA) is 81.8 Å². The Balaban J connectivity index is 2.23. The van der Waals surface area contributed by atoms with Gasteiger partial charge in [-0.05, 0) is 37.3 Å². The van der Waals surface area contributed by atoms with Gasteiger partial charge in [-0.1, -0.05) is 15.9 Å². The number of carboxylic acids is 1. The van der Waals surface area contributed by atoms with Crippen LogP contribution in [0.3, 0.4) is 0 Å². The monoisotopic (exact) mass is 357 g/mol. The van der Waals surface area contributed by atoms with Crippen LogP contribution in [0.2, 0.25) is 0 Å². The van der Waals surface area contributed by atoms with Crippen molar-refractivity contribution in [3.05, 3.63) is 22.2 Å². The average molecular weight is 358 g/mol. The van der Waals surface area contributed by atoms with Crippen LogP contribution in [0.4, 0.5) is 0 Å². The minimum Gasteiger partial charge on any atom is -0.493 e. The fourth-order valence-electron chi connectivity index (χ4n) is 2.12. The summed E-state index contributed by atoms with van der Waals surface area (Å²) in [5.41, 5.74) is 6.94. The minimum absolute atomic E-state index is 0.0207. The summed E-state index contributed by atoms with van der Waals surface area (Å²) in [4.78, 5) is 10.7. The molecule has 0 radical (unpaired) electrons. The quantitative estimate of drug-likeness (QED) is 0.746. The van der Waals surface area contributed by atoms with Gasteiger partial charge in [0.1, 0.15) is 0 Å². The Morgan fingerprint density at radius 1 is 1.52 bits per heavy atom. The Hall–Kier alpha value is -1.27. The SMILES string of the molecule is COc1ccc(Br)c(C(N)CCC(=O)O)c1OCC1CC1. The molecular formula is C15H20BrNO4. The van der Waals surface area contributed by atoms with Gasteiger partial charge >= 0.3 is 5.97 Å². The lowest BCUT2D eigenvalue weighted by molar-refractivity contribution is -0.137. The standard InChI is InChI=1S/C15H20BrNO4/c1-20-12-6-4-10(16)14(11(17)5-7-13(18)19)15(12)21-8-9-2-3-9/h4,6,9,11H,2-3,5,7-8,17H2,1H3,(H,18,19). The van der Waals surface area contributed by atoms with E-state index in [1.165, 1.54) is 12.8 Å². The van der Waals surface area contributed by atoms with E-state index >= 15 is 0 Å². The lowest BCUT2D eigenvalue weighted by atomic mass is 10.0. The van der Waals surface area contributed by atoms with Crippen molar-refractivity contribution in [1.82, 2.24) is 0 Å². The summed E-state index contributed by atoms with van der Waals surface area (Å²) in [5.74, 6) is 0.998. The molecule has 1 atom stereocenters. The molecule has 6 heteroatoms. The molecule has 1 aromatic rings. The molecule has 0 spiro atoms. The smallest absolute Gasteiger partial charge is 0.303 e. The number of nitrogens with two attached hydrogens (primary N) is 1. The third kappa shape index (κ3) is 4.35. The Morgan fingerprint density at radius 3 is 2.81 bits per heavy atom. The van der Waals surface area contributed by atoms with E-state index in [1.807, 2.05) is 12.1 Å². The maximum atomic E-state index is 10.7. The summed E-state index contributed by atoms with van der Waals surface area (Å²) in [6.45, 7) is 0.644. The number of carboxylic acid groups (broad SMARTS) is 1. The predicted octanol–water partition coefficient (Wildman–Crippen LogP) is 3.11. The van der Waals surface area contributed by atoms with E-state index in [1.54, 1.807) is 7.11 Å². The van der Waals surface area contributed by atoms with Crippen molar-refractivity contribution in [3.8, 4) is 11.5 Å². The number of methoxy groups -OCH3 is 1. The summed E-state index contributed by atoms with van der Waals surface area (Å²) in [6.07, 6.45) is 2.75. The van der Waals surface area contributed by atoms with Crippen molar-refractivity contribution < 1.29 is 19.4 Å². The molecule has 0 amide bonds. The maximum absolute atomic E-state index is 10.7. The van der Waals surface area contributed by atoms with Gasteiger partial charge in [-0.2, -0.15) is 0 Å². The highest BCUT2D eigenvalue weighted by Gasteiger charge is 2.25. The van der Waals surface area contributed by atoms with Crippen molar-refractivity contribution in [2.75, 3.05) is 13.7 Å². The van der Waals surface area contributed by atoms with E-state index in [0.717, 1.165) is 10.0 Å². The summed E-state index contributed by atoms with van der Waals surface area (Å²) in [5, 5.41) is 8.81. The number of hydrogen-bond acceptors (Lipinski definition) is 4. The number of ether oxygens (including phenoxy) is 2. The van der Waals surface area contributed by atoms with Crippen LogP contribution in [-0.2, 0) is 4.79 Å². The highest BCUT2D eigenvalue weighted by molar-refractivity contribution is 9.10. The van der Waals surface area contributed by atoms with Gasteiger partial charge in [-0.25, -0.2) is 0 Å². The summed E-state index contributed by atoms with van der Waals surface area (Å²) >= 11 is 3.48. The van der Waals surface area contributed by atoms with Crippen molar-refractivity contribution in [1.29, 1.82) is 0 Å². The molecule has 1 unspecified atom stereocenters. The highest BCUT2D eigenvalue weighted by atomic mass is 79.9. The number of carbonyl (C=O) groups is 1. The second-order valence-electron chi connectivity index (χ2n) is 5.29. The fraction of sp³-hybridized carbons (Fsp3) is 0.533. The molecule has 1 aliphatic rings. The molecule has 1 saturated carbocycles. The zero-order valence-corrected chi connectivity index (χ0v) is 13.6. The molecule has 0 aliphatic heterocycles. The molecule has 1 aromatic carbocycles. The summed E-state index contributed by atoms with van der Waals surface area (Å²) < 4.78 is 12.1. The van der Waals surface area contributed by atoms with Crippen LogP contribution < -0.4 is 15.2 Å². The second-order valence-corrected chi connectivity index (χ2v) is 6.14. The number of halogens is 1. The van der Waals surface area contributed by atoms with E-state index in [4.69, 9.17) is 20.3 Å². The number of rotatable bonds is 8. The molecule has 5 nitrogen and oxygen atoms in total. The molecule has 1 aliphatic carbocycles. The van der Waals surface area contributed by atoms with E-state index in [2.05, 4.69) is 15.9 Å². The van der Waals surface area contributed by atoms with Crippen LogP contribution in [0, 0.1) is 5.92 Å². The van der Waals surface area contributed by atoms with Gasteiger partial charge in [0.15, 0.2) is 11.5 Å². The predicted molar refractivity (Wildman–Crippen MR) is 82.7 cm³/mol. The molecule has 2 rings (SSSR count). The van der Waals surface area contributed by atoms with Crippen LogP contribution >= 0.6 is 15.9 Å². The van der Waals surface area contributed by atoms with Crippen molar-refractivity contribution in [2.24, 2.45) is 11.7 Å². The molecule has 0 bridgehead atoms. The Morgan fingerprint density at radius 2 is 2.24 bits per heavy atom. The molecule has 1 fully saturated rings. The lowest BCUT2D eigenvalue weighted by Gasteiger charge is -2.20. The molecule has 0 saturated heterocycles. The Bertz CT molecular complexity index is 517. The summed E-state index contributed by atoms with van der Waals surface area (Å²) in [6, 6.07) is 3.25. The molecular weight excluding hydrogens is 338 g/mol. The average Bonchev–Trinajstić information content (AvgIpc) is 3.26. The maximum Gasteiger partial charge on any atom is 0.303 e. The van der Waals surface area contributed by atoms with Gasteiger partial charge in [-0.3, -0.25) is 4.79 Å². The zero-order chi connectivity index (χ0) is 15.4. The lowest BCUT2D eigenvalue weighted by Crippen LogP contribution is -2.15. The Kier molecular flexibility index (Phi) is 5.47. The number of benzene rings is 1. The van der Waals surface area contributed by atoms with Crippen molar-refractivity contribution >= 4 is 21.9 Å². The minimum atomic E-state index is -0.857. The van der Waals surface area contributed by atoms with E-state index in [-0.39, 0.29) is 6.42 Å². The van der Waals surface area contributed by atoms with Crippen LogP contribution in [0.25, 0.3) is 0 Å². The first-order chi connectivity index (χ1) is 10.0. The highest BCUT2D eigenvalue weighted by Crippen LogP contribution is 2.41. The largest absolute Gasteiger partial charge is 0.493 e. The van der Waals surface area contributed by atoms with Gasteiger partial charge in [0.2, 0.25) is 0 Å². The van der Waals surface area contributed by atoms with E-state index < -0.39 is 12.0 Å².